The van der Waals surface area contributed by atoms with Crippen LogP contribution in [-0.4, -0.2) is 84.0 Å². The van der Waals surface area contributed by atoms with E-state index < -0.39 is 6.04 Å². The number of unbranched alkanes of at least 4 members (excludes halogenated alkanes) is 5. The summed E-state index contributed by atoms with van der Waals surface area (Å²) in [5.41, 5.74) is 1.74. The highest BCUT2D eigenvalue weighted by Gasteiger charge is 2.39. The molecule has 0 bridgehead atoms. The zero-order valence-corrected chi connectivity index (χ0v) is 21.9. The molecule has 2 saturated heterocycles. The average molecular weight is 501 g/mol. The zero-order valence-electron chi connectivity index (χ0n) is 21.1. The summed E-state index contributed by atoms with van der Waals surface area (Å²) in [6, 6.07) is 5.34. The van der Waals surface area contributed by atoms with Crippen molar-refractivity contribution in [1.29, 1.82) is 0 Å². The number of benzene rings is 1. The van der Waals surface area contributed by atoms with E-state index in [9.17, 15) is 14.4 Å². The Kier molecular flexibility index (Phi) is 9.63. The molecule has 1 N–H and O–H groups in total. The minimum Gasteiger partial charge on any atom is -0.322 e. The molecule has 0 spiro atoms. The Morgan fingerprint density at radius 1 is 0.971 bits per heavy atom. The lowest BCUT2D eigenvalue weighted by atomic mass is 10.0. The summed E-state index contributed by atoms with van der Waals surface area (Å²) in [5, 5.41) is 2.37. The first kappa shape index (κ1) is 26.2. The van der Waals surface area contributed by atoms with Crippen molar-refractivity contribution in [3.63, 3.8) is 0 Å². The van der Waals surface area contributed by atoms with Crippen LogP contribution >= 0.6 is 11.8 Å². The van der Waals surface area contributed by atoms with Crippen molar-refractivity contribution in [3.05, 3.63) is 29.3 Å². The molecule has 1 aromatic carbocycles. The Hall–Kier alpha value is -1.90. The number of hydrogen-bond acceptors (Lipinski definition) is 6. The van der Waals surface area contributed by atoms with Gasteiger partial charge in [0.2, 0.25) is 11.8 Å². The van der Waals surface area contributed by atoms with E-state index in [0.29, 0.717) is 18.5 Å². The van der Waals surface area contributed by atoms with E-state index >= 15 is 0 Å². The number of piperidine rings is 1. The van der Waals surface area contributed by atoms with Crippen LogP contribution in [0.1, 0.15) is 73.7 Å². The second-order valence-electron chi connectivity index (χ2n) is 10.2. The van der Waals surface area contributed by atoms with Gasteiger partial charge in [0.25, 0.3) is 5.91 Å². The normalized spacial score (nSPS) is 21.8. The molecule has 0 aromatic heterocycles. The van der Waals surface area contributed by atoms with Crippen LogP contribution in [0.15, 0.2) is 23.1 Å². The van der Waals surface area contributed by atoms with Gasteiger partial charge >= 0.3 is 0 Å². The monoisotopic (exact) mass is 500 g/mol. The number of amides is 3. The number of carbonyl (C=O) groups is 3. The predicted octanol–water partition coefficient (Wildman–Crippen LogP) is 3.52. The fourth-order valence-electron chi connectivity index (χ4n) is 5.34. The molecule has 3 aliphatic rings. The molecule has 192 valence electrons. The van der Waals surface area contributed by atoms with Crippen molar-refractivity contribution in [1.82, 2.24) is 20.0 Å². The molecule has 8 heteroatoms. The Bertz CT molecular complexity index is 908. The lowest BCUT2D eigenvalue weighted by molar-refractivity contribution is -0.136. The quantitative estimate of drug-likeness (QED) is 0.285. The van der Waals surface area contributed by atoms with Gasteiger partial charge in [-0.3, -0.25) is 19.7 Å². The molecule has 4 rings (SSSR count). The van der Waals surface area contributed by atoms with E-state index in [4.69, 9.17) is 0 Å². The molecule has 0 saturated carbocycles. The Morgan fingerprint density at radius 2 is 1.77 bits per heavy atom. The summed E-state index contributed by atoms with van der Waals surface area (Å²) in [6.07, 6.45) is 9.65. The maximum absolute atomic E-state index is 13.0. The van der Waals surface area contributed by atoms with Crippen LogP contribution in [0.3, 0.4) is 0 Å². The first-order valence-electron chi connectivity index (χ1n) is 13.3. The Labute approximate surface area is 214 Å². The number of imide groups is 1. The molecule has 3 heterocycles. The molecule has 3 aliphatic heterocycles. The van der Waals surface area contributed by atoms with Crippen molar-refractivity contribution in [2.75, 3.05) is 45.5 Å². The number of thioether (sulfide) groups is 1. The number of nitrogens with zero attached hydrogens (tertiary/aromatic N) is 3. The van der Waals surface area contributed by atoms with Gasteiger partial charge in [0.05, 0.1) is 0 Å². The zero-order chi connectivity index (χ0) is 24.6. The van der Waals surface area contributed by atoms with Gasteiger partial charge in [0.1, 0.15) is 6.04 Å². The SMILES string of the molecule is CN1CCCN(CCCCCCCCSc2cccc3c2CN(C2CCC(=O)NC2=O)C3=O)CC1. The van der Waals surface area contributed by atoms with Gasteiger partial charge in [0, 0.05) is 36.5 Å². The van der Waals surface area contributed by atoms with Gasteiger partial charge in [-0.1, -0.05) is 31.7 Å². The first-order valence-corrected chi connectivity index (χ1v) is 14.3. The van der Waals surface area contributed by atoms with Crippen molar-refractivity contribution >= 4 is 29.5 Å². The van der Waals surface area contributed by atoms with Crippen LogP contribution < -0.4 is 5.32 Å². The van der Waals surface area contributed by atoms with E-state index in [2.05, 4.69) is 28.2 Å². The molecule has 35 heavy (non-hydrogen) atoms. The van der Waals surface area contributed by atoms with Gasteiger partial charge in [0.15, 0.2) is 0 Å². The molecular formula is C27H40N4O3S. The largest absolute Gasteiger partial charge is 0.322 e. The van der Waals surface area contributed by atoms with E-state index in [1.165, 1.54) is 77.7 Å². The Balaban J connectivity index is 1.13. The van der Waals surface area contributed by atoms with Crippen LogP contribution in [0.5, 0.6) is 0 Å². The third-order valence-corrected chi connectivity index (χ3v) is 8.66. The van der Waals surface area contributed by atoms with Crippen molar-refractivity contribution in [2.45, 2.75) is 75.3 Å². The summed E-state index contributed by atoms with van der Waals surface area (Å²) in [7, 11) is 2.22. The fourth-order valence-corrected chi connectivity index (χ4v) is 6.43. The summed E-state index contributed by atoms with van der Waals surface area (Å²) < 4.78 is 0. The first-order chi connectivity index (χ1) is 17.0. The van der Waals surface area contributed by atoms with Gasteiger partial charge in [-0.15, -0.1) is 11.8 Å². The van der Waals surface area contributed by atoms with E-state index in [1.54, 1.807) is 4.90 Å². The Morgan fingerprint density at radius 3 is 2.60 bits per heavy atom. The third-order valence-electron chi connectivity index (χ3n) is 7.48. The maximum Gasteiger partial charge on any atom is 0.255 e. The molecule has 0 radical (unpaired) electrons. The summed E-state index contributed by atoms with van der Waals surface area (Å²) in [4.78, 5) is 44.6. The highest BCUT2D eigenvalue weighted by atomic mass is 32.2. The van der Waals surface area contributed by atoms with Gasteiger partial charge in [-0.25, -0.2) is 0 Å². The molecule has 3 amide bonds. The van der Waals surface area contributed by atoms with Gasteiger partial charge in [-0.05, 0) is 75.8 Å². The summed E-state index contributed by atoms with van der Waals surface area (Å²) in [6.45, 7) is 6.60. The van der Waals surface area contributed by atoms with Crippen LogP contribution in [0.2, 0.25) is 0 Å². The molecule has 1 unspecified atom stereocenters. The number of hydrogen-bond donors (Lipinski definition) is 1. The summed E-state index contributed by atoms with van der Waals surface area (Å²) in [5.74, 6) is 0.349. The third kappa shape index (κ3) is 7.08. The molecular weight excluding hydrogens is 460 g/mol. The van der Waals surface area contributed by atoms with Gasteiger partial charge < -0.3 is 14.7 Å². The number of likely N-dealkylation sites (N-methyl/N-ethyl adjacent to an activating group) is 1. The van der Waals surface area contributed by atoms with Crippen LogP contribution in [0.25, 0.3) is 0 Å². The molecule has 1 aromatic rings. The van der Waals surface area contributed by atoms with Crippen LogP contribution in [0.4, 0.5) is 0 Å². The summed E-state index contributed by atoms with van der Waals surface area (Å²) >= 11 is 1.82. The second-order valence-corrected chi connectivity index (χ2v) is 11.3. The number of rotatable bonds is 11. The van der Waals surface area contributed by atoms with Crippen molar-refractivity contribution < 1.29 is 14.4 Å². The van der Waals surface area contributed by atoms with E-state index in [1.807, 2.05) is 23.9 Å². The molecule has 2 fully saturated rings. The van der Waals surface area contributed by atoms with E-state index in [-0.39, 0.29) is 24.1 Å². The number of fused-ring (bicyclic) bond motifs is 1. The van der Waals surface area contributed by atoms with Crippen LogP contribution in [0, 0.1) is 0 Å². The van der Waals surface area contributed by atoms with Crippen molar-refractivity contribution in [3.8, 4) is 0 Å². The predicted molar refractivity (Wildman–Crippen MR) is 139 cm³/mol. The maximum atomic E-state index is 13.0. The molecule has 1 atom stereocenters. The van der Waals surface area contributed by atoms with Crippen LogP contribution in [-0.2, 0) is 16.1 Å². The van der Waals surface area contributed by atoms with Gasteiger partial charge in [-0.2, -0.15) is 0 Å². The standard InChI is InChI=1S/C27H40N4O3S/c1-29-14-9-16-30(18-17-29)15-6-4-2-3-5-7-19-35-24-11-8-10-21-22(24)20-31(27(21)34)23-12-13-25(32)28-26(23)33/h8,10-11,23H,2-7,9,12-20H2,1H3,(H,28,32,33). The second kappa shape index (κ2) is 12.9. The molecule has 0 aliphatic carbocycles. The smallest absolute Gasteiger partial charge is 0.255 e. The minimum absolute atomic E-state index is 0.0934. The van der Waals surface area contributed by atoms with Crippen molar-refractivity contribution in [2.24, 2.45) is 0 Å². The topological polar surface area (TPSA) is 73.0 Å². The lowest BCUT2D eigenvalue weighted by Crippen LogP contribution is -2.52. The fraction of sp³-hybridized carbons (Fsp3) is 0.667. The van der Waals surface area contributed by atoms with E-state index in [0.717, 1.165) is 16.2 Å². The minimum atomic E-state index is -0.550. The molecule has 7 nitrogen and oxygen atoms in total. The number of nitrogens with one attached hydrogen (secondary N) is 1. The average Bonchev–Trinajstić information content (AvgIpc) is 3.03. The lowest BCUT2D eigenvalue weighted by Gasteiger charge is -2.29. The highest BCUT2D eigenvalue weighted by Crippen LogP contribution is 2.34. The highest BCUT2D eigenvalue weighted by molar-refractivity contribution is 7.99. The number of carbonyl (C=O) groups excluding carboxylic acids is 3.